The quantitative estimate of drug-likeness (QED) is 0.843. The van der Waals surface area contributed by atoms with E-state index in [9.17, 15) is 4.79 Å². The number of benzene rings is 1. The summed E-state index contributed by atoms with van der Waals surface area (Å²) < 4.78 is 7.71. The summed E-state index contributed by atoms with van der Waals surface area (Å²) in [4.78, 5) is 14.5. The number of nitrogens with zero attached hydrogens (tertiary/aromatic N) is 4. The SMILES string of the molecule is CC(OCc1ccccc1)C(=O)N1CCC(c2nncn2C)CC1. The molecule has 0 radical (unpaired) electrons. The van der Waals surface area contributed by atoms with Gasteiger partial charge in [-0.05, 0) is 25.3 Å². The van der Waals surface area contributed by atoms with Crippen molar-refractivity contribution in [3.63, 3.8) is 0 Å². The Morgan fingerprint density at radius 1 is 1.29 bits per heavy atom. The molecule has 128 valence electrons. The topological polar surface area (TPSA) is 60.2 Å². The zero-order valence-corrected chi connectivity index (χ0v) is 14.3. The van der Waals surface area contributed by atoms with Crippen molar-refractivity contribution in [3.8, 4) is 0 Å². The summed E-state index contributed by atoms with van der Waals surface area (Å²) in [5.41, 5.74) is 1.08. The molecule has 6 nitrogen and oxygen atoms in total. The monoisotopic (exact) mass is 328 g/mol. The average molecular weight is 328 g/mol. The normalized spacial score (nSPS) is 17.0. The third kappa shape index (κ3) is 3.82. The van der Waals surface area contributed by atoms with Crippen molar-refractivity contribution in [3.05, 3.63) is 48.0 Å². The first kappa shape index (κ1) is 16.6. The second-order valence-electron chi connectivity index (χ2n) is 6.34. The summed E-state index contributed by atoms with van der Waals surface area (Å²) in [7, 11) is 1.96. The van der Waals surface area contributed by atoms with Crippen molar-refractivity contribution >= 4 is 5.91 Å². The van der Waals surface area contributed by atoms with E-state index in [1.165, 1.54) is 0 Å². The fraction of sp³-hybridized carbons (Fsp3) is 0.500. The number of carbonyl (C=O) groups is 1. The van der Waals surface area contributed by atoms with E-state index in [1.54, 1.807) is 6.33 Å². The molecule has 0 bridgehead atoms. The number of hydrogen-bond donors (Lipinski definition) is 0. The molecule has 0 saturated carbocycles. The molecule has 1 saturated heterocycles. The second-order valence-corrected chi connectivity index (χ2v) is 6.34. The van der Waals surface area contributed by atoms with Gasteiger partial charge < -0.3 is 14.2 Å². The van der Waals surface area contributed by atoms with Crippen LogP contribution in [0.25, 0.3) is 0 Å². The molecule has 2 heterocycles. The molecule has 24 heavy (non-hydrogen) atoms. The van der Waals surface area contributed by atoms with Crippen LogP contribution in [0.2, 0.25) is 0 Å². The Bertz CT molecular complexity index is 663. The lowest BCUT2D eigenvalue weighted by atomic mass is 9.95. The zero-order chi connectivity index (χ0) is 16.9. The third-order valence-electron chi connectivity index (χ3n) is 4.61. The van der Waals surface area contributed by atoms with Gasteiger partial charge in [-0.2, -0.15) is 0 Å². The number of rotatable bonds is 5. The number of hydrogen-bond acceptors (Lipinski definition) is 4. The Kier molecular flexibility index (Phi) is 5.25. The van der Waals surface area contributed by atoms with Gasteiger partial charge in [0.05, 0.1) is 6.61 Å². The highest BCUT2D eigenvalue weighted by atomic mass is 16.5. The molecule has 1 aromatic heterocycles. The van der Waals surface area contributed by atoms with Crippen LogP contribution >= 0.6 is 0 Å². The molecule has 1 fully saturated rings. The van der Waals surface area contributed by atoms with Gasteiger partial charge in [-0.3, -0.25) is 4.79 Å². The Morgan fingerprint density at radius 3 is 2.62 bits per heavy atom. The standard InChI is InChI=1S/C18H24N4O2/c1-14(24-12-15-6-4-3-5-7-15)18(23)22-10-8-16(9-11-22)17-20-19-13-21(17)2/h3-7,13-14,16H,8-12H2,1-2H3. The van der Waals surface area contributed by atoms with Crippen LogP contribution < -0.4 is 0 Å². The molecule has 1 atom stereocenters. The van der Waals surface area contributed by atoms with Crippen LogP contribution in [0.5, 0.6) is 0 Å². The van der Waals surface area contributed by atoms with Gasteiger partial charge in [-0.15, -0.1) is 10.2 Å². The van der Waals surface area contributed by atoms with Gasteiger partial charge in [0.15, 0.2) is 0 Å². The minimum atomic E-state index is -0.420. The Balaban J connectivity index is 1.48. The highest BCUT2D eigenvalue weighted by Gasteiger charge is 2.28. The van der Waals surface area contributed by atoms with Gasteiger partial charge in [-0.1, -0.05) is 30.3 Å². The van der Waals surface area contributed by atoms with Crippen LogP contribution in [-0.4, -0.2) is 44.8 Å². The first-order valence-corrected chi connectivity index (χ1v) is 8.43. The second kappa shape index (κ2) is 7.57. The van der Waals surface area contributed by atoms with Crippen LogP contribution in [0.3, 0.4) is 0 Å². The largest absolute Gasteiger partial charge is 0.364 e. The number of ether oxygens (including phenoxy) is 1. The van der Waals surface area contributed by atoms with Gasteiger partial charge in [0.1, 0.15) is 18.3 Å². The van der Waals surface area contributed by atoms with E-state index < -0.39 is 6.10 Å². The minimum absolute atomic E-state index is 0.0716. The van der Waals surface area contributed by atoms with Crippen molar-refractivity contribution < 1.29 is 9.53 Å². The van der Waals surface area contributed by atoms with Crippen molar-refractivity contribution in [2.24, 2.45) is 7.05 Å². The van der Waals surface area contributed by atoms with Gasteiger partial charge in [-0.25, -0.2) is 0 Å². The first-order valence-electron chi connectivity index (χ1n) is 8.43. The van der Waals surface area contributed by atoms with E-state index in [-0.39, 0.29) is 5.91 Å². The average Bonchev–Trinajstić information content (AvgIpc) is 3.06. The molecule has 1 aliphatic rings. The molecule has 1 aliphatic heterocycles. The number of likely N-dealkylation sites (tertiary alicyclic amines) is 1. The summed E-state index contributed by atoms with van der Waals surface area (Å²) >= 11 is 0. The zero-order valence-electron chi connectivity index (χ0n) is 14.3. The molecule has 0 N–H and O–H groups in total. The lowest BCUT2D eigenvalue weighted by Gasteiger charge is -2.33. The van der Waals surface area contributed by atoms with E-state index in [4.69, 9.17) is 4.74 Å². The molecule has 2 aromatic rings. The predicted molar refractivity (Wildman–Crippen MR) is 90.3 cm³/mol. The maximum atomic E-state index is 12.5. The van der Waals surface area contributed by atoms with Gasteiger partial charge in [0.2, 0.25) is 0 Å². The summed E-state index contributed by atoms with van der Waals surface area (Å²) in [5.74, 6) is 1.46. The van der Waals surface area contributed by atoms with Crippen LogP contribution in [0.4, 0.5) is 0 Å². The highest BCUT2D eigenvalue weighted by molar-refractivity contribution is 5.80. The number of amides is 1. The molecule has 3 rings (SSSR count). The van der Waals surface area contributed by atoms with Crippen LogP contribution in [0.1, 0.15) is 37.1 Å². The van der Waals surface area contributed by atoms with E-state index in [2.05, 4.69) is 10.2 Å². The lowest BCUT2D eigenvalue weighted by Crippen LogP contribution is -2.43. The van der Waals surface area contributed by atoms with Gasteiger partial charge in [0, 0.05) is 26.1 Å². The maximum absolute atomic E-state index is 12.5. The first-order chi connectivity index (χ1) is 11.6. The molecular formula is C18H24N4O2. The molecule has 1 aromatic carbocycles. The summed E-state index contributed by atoms with van der Waals surface area (Å²) in [6, 6.07) is 9.93. The third-order valence-corrected chi connectivity index (χ3v) is 4.61. The number of aryl methyl sites for hydroxylation is 1. The molecule has 0 spiro atoms. The number of piperidine rings is 1. The highest BCUT2D eigenvalue weighted by Crippen LogP contribution is 2.26. The van der Waals surface area contributed by atoms with Crippen LogP contribution in [0, 0.1) is 0 Å². The smallest absolute Gasteiger partial charge is 0.251 e. The predicted octanol–water partition coefficient (Wildman–Crippen LogP) is 2.13. The molecular weight excluding hydrogens is 304 g/mol. The van der Waals surface area contributed by atoms with Gasteiger partial charge in [0.25, 0.3) is 5.91 Å². The minimum Gasteiger partial charge on any atom is -0.364 e. The van der Waals surface area contributed by atoms with Gasteiger partial charge >= 0.3 is 0 Å². The number of aromatic nitrogens is 3. The number of carbonyl (C=O) groups excluding carboxylic acids is 1. The fourth-order valence-corrected chi connectivity index (χ4v) is 3.14. The van der Waals surface area contributed by atoms with E-state index in [1.807, 2.05) is 53.8 Å². The Hall–Kier alpha value is -2.21. The van der Waals surface area contributed by atoms with Crippen LogP contribution in [-0.2, 0) is 23.2 Å². The molecule has 6 heteroatoms. The summed E-state index contributed by atoms with van der Waals surface area (Å²) in [6.07, 6.45) is 3.15. The summed E-state index contributed by atoms with van der Waals surface area (Å²) in [6.45, 7) is 3.79. The Labute approximate surface area is 142 Å². The lowest BCUT2D eigenvalue weighted by molar-refractivity contribution is -0.144. The van der Waals surface area contributed by atoms with E-state index >= 15 is 0 Å². The Morgan fingerprint density at radius 2 is 2.00 bits per heavy atom. The van der Waals surface area contributed by atoms with Crippen LogP contribution in [0.15, 0.2) is 36.7 Å². The summed E-state index contributed by atoms with van der Waals surface area (Å²) in [5, 5.41) is 8.14. The van der Waals surface area contributed by atoms with Crippen molar-refractivity contribution in [1.29, 1.82) is 0 Å². The van der Waals surface area contributed by atoms with Crippen molar-refractivity contribution in [2.75, 3.05) is 13.1 Å². The van der Waals surface area contributed by atoms with E-state index in [0.29, 0.717) is 12.5 Å². The van der Waals surface area contributed by atoms with E-state index in [0.717, 1.165) is 37.3 Å². The van der Waals surface area contributed by atoms with Crippen molar-refractivity contribution in [1.82, 2.24) is 19.7 Å². The maximum Gasteiger partial charge on any atom is 0.251 e. The van der Waals surface area contributed by atoms with Crippen molar-refractivity contribution in [2.45, 2.75) is 38.4 Å². The fourth-order valence-electron chi connectivity index (χ4n) is 3.14. The molecule has 0 aliphatic carbocycles. The molecule has 1 unspecified atom stereocenters. The molecule has 1 amide bonds.